The Morgan fingerprint density at radius 3 is 2.96 bits per heavy atom. The van der Waals surface area contributed by atoms with Gasteiger partial charge in [0.1, 0.15) is 5.52 Å². The predicted molar refractivity (Wildman–Crippen MR) is 103 cm³/mol. The van der Waals surface area contributed by atoms with Gasteiger partial charge in [0.25, 0.3) is 0 Å². The van der Waals surface area contributed by atoms with Gasteiger partial charge in [0, 0.05) is 12.7 Å². The zero-order chi connectivity index (χ0) is 18.6. The Morgan fingerprint density at radius 2 is 2.27 bits per heavy atom. The van der Waals surface area contributed by atoms with E-state index in [1.807, 2.05) is 12.1 Å². The highest BCUT2D eigenvalue weighted by Crippen LogP contribution is 2.25. The Bertz CT molecular complexity index is 777. The molecule has 0 saturated carbocycles. The number of fused-ring (bicyclic) bond motifs is 1. The maximum atomic E-state index is 12.2. The number of pyridine rings is 1. The molecule has 3 rings (SSSR count). The number of amides is 1. The molecule has 8 heteroatoms. The number of aromatic nitrogens is 3. The van der Waals surface area contributed by atoms with Gasteiger partial charge in [-0.15, -0.1) is 0 Å². The molecule has 0 aliphatic carbocycles. The molecular formula is C18H27N7O. The van der Waals surface area contributed by atoms with E-state index in [4.69, 9.17) is 5.73 Å². The summed E-state index contributed by atoms with van der Waals surface area (Å²) in [5.41, 5.74) is 6.88. The molecule has 5 N–H and O–H groups in total. The highest BCUT2D eigenvalue weighted by atomic mass is 16.2. The van der Waals surface area contributed by atoms with E-state index < -0.39 is 0 Å². The minimum absolute atomic E-state index is 0.0472. The molecule has 1 amide bonds. The minimum Gasteiger partial charge on any atom is -0.368 e. The molecule has 2 aromatic rings. The second kappa shape index (κ2) is 7.82. The smallest absolute Gasteiger partial charge is 0.237 e. The first-order valence-corrected chi connectivity index (χ1v) is 9.18. The lowest BCUT2D eigenvalue weighted by atomic mass is 9.94. The van der Waals surface area contributed by atoms with Crippen molar-refractivity contribution in [2.24, 2.45) is 0 Å². The van der Waals surface area contributed by atoms with Crippen LogP contribution in [0.5, 0.6) is 0 Å². The lowest BCUT2D eigenvalue weighted by molar-refractivity contribution is -0.124. The van der Waals surface area contributed by atoms with Crippen LogP contribution in [0.25, 0.3) is 11.0 Å². The molecular weight excluding hydrogens is 330 g/mol. The molecule has 0 radical (unpaired) electrons. The number of nitrogen functional groups attached to an aromatic ring is 1. The molecule has 1 aliphatic rings. The van der Waals surface area contributed by atoms with Crippen LogP contribution >= 0.6 is 0 Å². The van der Waals surface area contributed by atoms with Gasteiger partial charge < -0.3 is 21.7 Å². The fourth-order valence-electron chi connectivity index (χ4n) is 3.04. The molecule has 0 unspecified atom stereocenters. The first-order chi connectivity index (χ1) is 12.5. The molecule has 3 heterocycles. The van der Waals surface area contributed by atoms with Crippen LogP contribution in [0.3, 0.4) is 0 Å². The quantitative estimate of drug-likeness (QED) is 0.565. The summed E-state index contributed by atoms with van der Waals surface area (Å²) in [5, 5.41) is 9.66. The number of carbonyl (C=O) groups excluding carboxylic acids is 1. The molecule has 2 atom stereocenters. The van der Waals surface area contributed by atoms with E-state index in [1.165, 1.54) is 0 Å². The Balaban J connectivity index is 1.80. The number of hydrogen-bond acceptors (Lipinski definition) is 7. The first kappa shape index (κ1) is 18.3. The summed E-state index contributed by atoms with van der Waals surface area (Å²) >= 11 is 0. The number of nitrogens with one attached hydrogen (secondary N) is 3. The second-order valence-electron chi connectivity index (χ2n) is 7.10. The summed E-state index contributed by atoms with van der Waals surface area (Å²) in [4.78, 5) is 25.2. The van der Waals surface area contributed by atoms with Crippen molar-refractivity contribution in [3.63, 3.8) is 0 Å². The van der Waals surface area contributed by atoms with Gasteiger partial charge in [0.15, 0.2) is 5.82 Å². The van der Waals surface area contributed by atoms with Crippen molar-refractivity contribution in [1.82, 2.24) is 25.6 Å². The van der Waals surface area contributed by atoms with E-state index >= 15 is 0 Å². The van der Waals surface area contributed by atoms with Crippen molar-refractivity contribution in [3.05, 3.63) is 18.3 Å². The summed E-state index contributed by atoms with van der Waals surface area (Å²) < 4.78 is 0. The van der Waals surface area contributed by atoms with Crippen LogP contribution < -0.4 is 21.7 Å². The van der Waals surface area contributed by atoms with Crippen molar-refractivity contribution in [2.75, 3.05) is 24.1 Å². The Labute approximate surface area is 153 Å². The average Bonchev–Trinajstić information content (AvgIpc) is 2.57. The van der Waals surface area contributed by atoms with E-state index in [9.17, 15) is 4.79 Å². The molecule has 26 heavy (non-hydrogen) atoms. The van der Waals surface area contributed by atoms with Crippen LogP contribution in [0.4, 0.5) is 11.8 Å². The Morgan fingerprint density at radius 1 is 1.46 bits per heavy atom. The van der Waals surface area contributed by atoms with Crippen LogP contribution in [0.1, 0.15) is 39.5 Å². The summed E-state index contributed by atoms with van der Waals surface area (Å²) in [6.07, 6.45) is 5.59. The van der Waals surface area contributed by atoms with Crippen LogP contribution in [-0.4, -0.2) is 45.5 Å². The van der Waals surface area contributed by atoms with Gasteiger partial charge in [-0.2, -0.15) is 4.98 Å². The summed E-state index contributed by atoms with van der Waals surface area (Å²) in [5.74, 6) is 0.849. The van der Waals surface area contributed by atoms with Crippen molar-refractivity contribution >= 4 is 28.7 Å². The van der Waals surface area contributed by atoms with Gasteiger partial charge in [-0.25, -0.2) is 4.98 Å². The number of nitrogens with two attached hydrogens (primary N) is 1. The topological polar surface area (TPSA) is 118 Å². The fourth-order valence-corrected chi connectivity index (χ4v) is 3.04. The summed E-state index contributed by atoms with van der Waals surface area (Å²) in [7, 11) is 0. The zero-order valence-corrected chi connectivity index (χ0v) is 15.4. The highest BCUT2D eigenvalue weighted by Gasteiger charge is 2.29. The van der Waals surface area contributed by atoms with Crippen LogP contribution in [0, 0.1) is 0 Å². The Kier molecular flexibility index (Phi) is 5.51. The Hall–Kier alpha value is -2.48. The number of rotatable bonds is 8. The van der Waals surface area contributed by atoms with Gasteiger partial charge in [-0.1, -0.05) is 19.8 Å². The molecule has 0 aromatic carbocycles. The van der Waals surface area contributed by atoms with Gasteiger partial charge >= 0.3 is 0 Å². The molecule has 1 saturated heterocycles. The number of anilines is 2. The largest absolute Gasteiger partial charge is 0.368 e. The third-order valence-electron chi connectivity index (χ3n) is 4.77. The van der Waals surface area contributed by atoms with E-state index in [0.717, 1.165) is 32.2 Å². The highest BCUT2D eigenvalue weighted by molar-refractivity contribution is 5.86. The van der Waals surface area contributed by atoms with Crippen molar-refractivity contribution in [2.45, 2.75) is 51.1 Å². The maximum Gasteiger partial charge on any atom is 0.237 e. The van der Waals surface area contributed by atoms with Crippen molar-refractivity contribution in [1.29, 1.82) is 0 Å². The fraction of sp³-hybridized carbons (Fsp3) is 0.556. The van der Waals surface area contributed by atoms with Crippen LogP contribution in [0.15, 0.2) is 18.3 Å². The van der Waals surface area contributed by atoms with E-state index in [0.29, 0.717) is 23.4 Å². The molecule has 1 aliphatic heterocycles. The molecule has 8 nitrogen and oxygen atoms in total. The lowest BCUT2D eigenvalue weighted by Crippen LogP contribution is -2.56. The molecule has 1 fully saturated rings. The van der Waals surface area contributed by atoms with Gasteiger partial charge in [0.05, 0.1) is 17.1 Å². The number of carbonyl (C=O) groups is 1. The van der Waals surface area contributed by atoms with Gasteiger partial charge in [-0.05, 0) is 38.4 Å². The average molecular weight is 357 g/mol. The second-order valence-corrected chi connectivity index (χ2v) is 7.10. The normalized spacial score (nSPS) is 18.8. The minimum atomic E-state index is -0.360. The van der Waals surface area contributed by atoms with E-state index in [2.05, 4.69) is 44.7 Å². The molecule has 0 bridgehead atoms. The van der Waals surface area contributed by atoms with Crippen LogP contribution in [-0.2, 0) is 4.79 Å². The number of hydrogen-bond donors (Lipinski definition) is 4. The third-order valence-corrected chi connectivity index (χ3v) is 4.77. The van der Waals surface area contributed by atoms with E-state index in [-0.39, 0.29) is 23.4 Å². The SMILES string of the molecule is CCCC[C@](C)(CNC(=O)[C@@H]1CCN1)Nc1nc(N)nc2cccnc12. The van der Waals surface area contributed by atoms with E-state index in [1.54, 1.807) is 6.20 Å². The lowest BCUT2D eigenvalue weighted by Gasteiger charge is -2.34. The predicted octanol–water partition coefficient (Wildman–Crippen LogP) is 1.45. The third kappa shape index (κ3) is 4.19. The van der Waals surface area contributed by atoms with Gasteiger partial charge in [0.2, 0.25) is 11.9 Å². The standard InChI is InChI=1S/C18H27N7O/c1-3-4-8-18(2,11-22-16(26)13-7-10-20-13)25-15-14-12(6-5-9-21-14)23-17(19)24-15/h5-6,9,13,20H,3-4,7-8,10-11H2,1-2H3,(H,22,26)(H3,19,23,24,25)/t13-,18+/m0/s1. The summed E-state index contributed by atoms with van der Waals surface area (Å²) in [6.45, 7) is 5.64. The monoisotopic (exact) mass is 357 g/mol. The van der Waals surface area contributed by atoms with Crippen LogP contribution in [0.2, 0.25) is 0 Å². The van der Waals surface area contributed by atoms with Crippen molar-refractivity contribution < 1.29 is 4.79 Å². The zero-order valence-electron chi connectivity index (χ0n) is 15.4. The first-order valence-electron chi connectivity index (χ1n) is 9.18. The maximum absolute atomic E-state index is 12.2. The number of nitrogens with zero attached hydrogens (tertiary/aromatic N) is 3. The number of unbranched alkanes of at least 4 members (excludes halogenated alkanes) is 1. The molecule has 0 spiro atoms. The van der Waals surface area contributed by atoms with Gasteiger partial charge in [-0.3, -0.25) is 9.78 Å². The summed E-state index contributed by atoms with van der Waals surface area (Å²) in [6, 6.07) is 3.61. The van der Waals surface area contributed by atoms with Crippen molar-refractivity contribution in [3.8, 4) is 0 Å². The molecule has 140 valence electrons. The molecule has 2 aromatic heterocycles.